The Morgan fingerprint density at radius 3 is 2.58 bits per heavy atom. The second-order valence-electron chi connectivity index (χ2n) is 7.15. The van der Waals surface area contributed by atoms with E-state index in [4.69, 9.17) is 16.6 Å². The van der Waals surface area contributed by atoms with Crippen LogP contribution in [0.3, 0.4) is 0 Å². The molecule has 0 spiro atoms. The molecule has 4 aromatic rings. The summed E-state index contributed by atoms with van der Waals surface area (Å²) in [6, 6.07) is 9.37. The van der Waals surface area contributed by atoms with Gasteiger partial charge in [0.05, 0.1) is 11.1 Å². The van der Waals surface area contributed by atoms with Gasteiger partial charge in [0.25, 0.3) is 5.91 Å². The molecule has 4 N–H and O–H groups in total. The van der Waals surface area contributed by atoms with E-state index in [1.165, 1.54) is 6.33 Å². The zero-order chi connectivity index (χ0) is 18.6. The smallest absolute Gasteiger partial charge is 0.265 e. The van der Waals surface area contributed by atoms with Crippen LogP contribution in [0.2, 0.25) is 0 Å². The summed E-state index contributed by atoms with van der Waals surface area (Å²) in [5.74, 6) is 0.242. The maximum absolute atomic E-state index is 12.1. The van der Waals surface area contributed by atoms with Crippen LogP contribution in [-0.4, -0.2) is 30.2 Å². The number of aromatic nitrogens is 5. The van der Waals surface area contributed by atoms with E-state index in [0.29, 0.717) is 28.4 Å². The lowest BCUT2D eigenvalue weighted by molar-refractivity contribution is 0.0994. The van der Waals surface area contributed by atoms with Crippen LogP contribution in [0.4, 0.5) is 5.82 Å². The molecule has 0 aliphatic heterocycles. The van der Waals surface area contributed by atoms with Gasteiger partial charge in [0.1, 0.15) is 23.2 Å². The van der Waals surface area contributed by atoms with Gasteiger partial charge in [-0.2, -0.15) is 5.10 Å². The Hall–Kier alpha value is -3.42. The molecule has 0 unspecified atom stereocenters. The monoisotopic (exact) mass is 349 g/mol. The van der Waals surface area contributed by atoms with E-state index in [1.807, 2.05) is 45.0 Å². The Morgan fingerprint density at radius 1 is 1.15 bits per heavy atom. The lowest BCUT2D eigenvalue weighted by atomic mass is 10.1. The van der Waals surface area contributed by atoms with Gasteiger partial charge in [0.2, 0.25) is 0 Å². The van der Waals surface area contributed by atoms with Gasteiger partial charge in [-0.05, 0) is 32.9 Å². The third kappa shape index (κ3) is 2.22. The van der Waals surface area contributed by atoms with Gasteiger partial charge in [-0.15, -0.1) is 0 Å². The quantitative estimate of drug-likeness (QED) is 0.575. The Kier molecular flexibility index (Phi) is 3.27. The van der Waals surface area contributed by atoms with E-state index in [0.717, 1.165) is 10.9 Å². The molecule has 3 aromatic heterocycles. The Labute approximate surface area is 149 Å². The molecule has 0 atom stereocenters. The average molecular weight is 349 g/mol. The summed E-state index contributed by atoms with van der Waals surface area (Å²) in [6.07, 6.45) is 1.41. The Morgan fingerprint density at radius 2 is 1.88 bits per heavy atom. The van der Waals surface area contributed by atoms with Crippen molar-refractivity contribution >= 4 is 33.7 Å². The number of carbonyl (C=O) groups excluding carboxylic acids is 1. The Bertz CT molecular complexity index is 1160. The zero-order valence-corrected chi connectivity index (χ0v) is 14.8. The number of rotatable bonds is 2. The third-order valence-electron chi connectivity index (χ3n) is 4.29. The minimum atomic E-state index is -0.546. The van der Waals surface area contributed by atoms with Gasteiger partial charge in [-0.1, -0.05) is 18.2 Å². The van der Waals surface area contributed by atoms with Crippen molar-refractivity contribution in [2.45, 2.75) is 26.3 Å². The molecule has 0 bridgehead atoms. The van der Waals surface area contributed by atoms with Crippen LogP contribution in [0, 0.1) is 0 Å². The molecule has 0 saturated carbocycles. The van der Waals surface area contributed by atoms with E-state index >= 15 is 0 Å². The van der Waals surface area contributed by atoms with Crippen LogP contribution >= 0.6 is 0 Å². The van der Waals surface area contributed by atoms with Crippen LogP contribution in [0.5, 0.6) is 0 Å². The average Bonchev–Trinajstić information content (AvgIpc) is 3.13. The van der Waals surface area contributed by atoms with Gasteiger partial charge < -0.3 is 11.5 Å². The molecule has 1 aromatic carbocycles. The molecule has 0 aliphatic carbocycles. The molecular formula is C18H19N7O. The van der Waals surface area contributed by atoms with Crippen LogP contribution in [0.1, 0.15) is 31.3 Å². The molecule has 3 heterocycles. The van der Waals surface area contributed by atoms with Crippen molar-refractivity contribution in [3.63, 3.8) is 0 Å². The summed E-state index contributed by atoms with van der Waals surface area (Å²) >= 11 is 0. The maximum atomic E-state index is 12.1. The zero-order valence-electron chi connectivity index (χ0n) is 14.8. The maximum Gasteiger partial charge on any atom is 0.265 e. The van der Waals surface area contributed by atoms with Crippen molar-refractivity contribution in [3.05, 3.63) is 42.4 Å². The number of hydrogen-bond donors (Lipinski definition) is 2. The lowest BCUT2D eigenvalue weighted by Crippen LogP contribution is -2.24. The minimum absolute atomic E-state index is 0.300. The fourth-order valence-corrected chi connectivity index (χ4v) is 3.15. The molecule has 8 nitrogen and oxygen atoms in total. The minimum Gasteiger partial charge on any atom is -0.383 e. The van der Waals surface area contributed by atoms with Crippen LogP contribution in [-0.2, 0) is 5.54 Å². The van der Waals surface area contributed by atoms with E-state index < -0.39 is 5.91 Å². The summed E-state index contributed by atoms with van der Waals surface area (Å²) in [6.45, 7) is 6.05. The first-order valence-corrected chi connectivity index (χ1v) is 8.19. The highest BCUT2D eigenvalue weighted by Crippen LogP contribution is 2.32. The van der Waals surface area contributed by atoms with Crippen LogP contribution in [0.15, 0.2) is 36.7 Å². The summed E-state index contributed by atoms with van der Waals surface area (Å²) in [7, 11) is 0. The fourth-order valence-electron chi connectivity index (χ4n) is 3.15. The number of nitrogen functional groups attached to an aromatic ring is 1. The number of hydrogen-bond acceptors (Lipinski definition) is 5. The second kappa shape index (κ2) is 5.29. The number of carbonyl (C=O) groups is 1. The SMILES string of the molecule is CC(C)(C)n1nc(-n2c(C(N)=O)cc3ccccc32)c2c(N)ncnc21. The number of benzene rings is 1. The number of anilines is 1. The van der Waals surface area contributed by atoms with Gasteiger partial charge >= 0.3 is 0 Å². The number of amides is 1. The number of fused-ring (bicyclic) bond motifs is 2. The van der Waals surface area contributed by atoms with Crippen molar-refractivity contribution < 1.29 is 4.79 Å². The van der Waals surface area contributed by atoms with Crippen molar-refractivity contribution in [1.29, 1.82) is 0 Å². The van der Waals surface area contributed by atoms with E-state index in [2.05, 4.69) is 9.97 Å². The largest absolute Gasteiger partial charge is 0.383 e. The van der Waals surface area contributed by atoms with Crippen molar-refractivity contribution in [2.75, 3.05) is 5.73 Å². The highest BCUT2D eigenvalue weighted by Gasteiger charge is 2.26. The predicted molar refractivity (Wildman–Crippen MR) is 100 cm³/mol. The molecule has 132 valence electrons. The van der Waals surface area contributed by atoms with Gasteiger partial charge in [-0.25, -0.2) is 14.6 Å². The molecule has 0 saturated heterocycles. The molecule has 0 aliphatic rings. The van der Waals surface area contributed by atoms with E-state index in [1.54, 1.807) is 15.3 Å². The summed E-state index contributed by atoms with van der Waals surface area (Å²) in [5, 5.41) is 6.22. The van der Waals surface area contributed by atoms with Gasteiger partial charge in [-0.3, -0.25) is 9.36 Å². The number of nitrogens with two attached hydrogens (primary N) is 2. The molecular weight excluding hydrogens is 330 g/mol. The summed E-state index contributed by atoms with van der Waals surface area (Å²) < 4.78 is 3.51. The molecule has 8 heteroatoms. The van der Waals surface area contributed by atoms with Gasteiger partial charge in [0, 0.05) is 5.39 Å². The number of para-hydroxylation sites is 1. The molecule has 0 radical (unpaired) electrons. The lowest BCUT2D eigenvalue weighted by Gasteiger charge is -2.19. The predicted octanol–water partition coefficient (Wildman–Crippen LogP) is 2.21. The van der Waals surface area contributed by atoms with Gasteiger partial charge in [0.15, 0.2) is 11.5 Å². The third-order valence-corrected chi connectivity index (χ3v) is 4.29. The first-order valence-electron chi connectivity index (χ1n) is 8.19. The first-order chi connectivity index (χ1) is 12.3. The van der Waals surface area contributed by atoms with E-state index in [-0.39, 0.29) is 5.54 Å². The normalized spacial score (nSPS) is 12.1. The fraction of sp³-hybridized carbons (Fsp3) is 0.222. The summed E-state index contributed by atoms with van der Waals surface area (Å²) in [5.41, 5.74) is 13.2. The molecule has 0 fully saturated rings. The van der Waals surface area contributed by atoms with Crippen molar-refractivity contribution in [1.82, 2.24) is 24.3 Å². The Balaban J connectivity index is 2.19. The highest BCUT2D eigenvalue weighted by molar-refractivity contribution is 6.02. The topological polar surface area (TPSA) is 118 Å². The first kappa shape index (κ1) is 16.1. The van der Waals surface area contributed by atoms with Crippen LogP contribution in [0.25, 0.3) is 27.8 Å². The van der Waals surface area contributed by atoms with Crippen LogP contribution < -0.4 is 11.5 Å². The second-order valence-corrected chi connectivity index (χ2v) is 7.15. The number of nitrogens with zero attached hydrogens (tertiary/aromatic N) is 5. The summed E-state index contributed by atoms with van der Waals surface area (Å²) in [4.78, 5) is 20.6. The van der Waals surface area contributed by atoms with E-state index in [9.17, 15) is 4.79 Å². The highest BCUT2D eigenvalue weighted by atomic mass is 16.1. The van der Waals surface area contributed by atoms with Crippen molar-refractivity contribution in [2.24, 2.45) is 5.73 Å². The molecule has 1 amide bonds. The molecule has 4 rings (SSSR count). The standard InChI is InChI=1S/C18H19N7O/c1-18(2,3)25-16-13(14(19)21-9-22-16)17(23-25)24-11-7-5-4-6-10(11)8-12(24)15(20)26/h4-9H,1-3H3,(H2,20,26)(H2,19,21,22). The van der Waals surface area contributed by atoms with Crippen molar-refractivity contribution in [3.8, 4) is 5.82 Å². The molecule has 26 heavy (non-hydrogen) atoms. The number of primary amides is 1.